The summed E-state index contributed by atoms with van der Waals surface area (Å²) in [5.41, 5.74) is 3.99. The van der Waals surface area contributed by atoms with E-state index in [-0.39, 0.29) is 0 Å². The van der Waals surface area contributed by atoms with Crippen LogP contribution >= 0.6 is 15.9 Å². The molecule has 0 spiro atoms. The summed E-state index contributed by atoms with van der Waals surface area (Å²) in [6.45, 7) is 2.72. The predicted octanol–water partition coefficient (Wildman–Crippen LogP) is 5.67. The van der Waals surface area contributed by atoms with E-state index in [0.717, 1.165) is 16.6 Å². The van der Waals surface area contributed by atoms with E-state index in [4.69, 9.17) is 4.74 Å². The largest absolute Gasteiger partial charge is 0.494 e. The molecule has 0 saturated carbocycles. The third-order valence-electron chi connectivity index (χ3n) is 4.88. The van der Waals surface area contributed by atoms with Crippen molar-refractivity contribution >= 4 is 21.6 Å². The predicted molar refractivity (Wildman–Crippen MR) is 98.1 cm³/mol. The van der Waals surface area contributed by atoms with E-state index in [1.54, 1.807) is 0 Å². The smallest absolute Gasteiger partial charge is 0.119 e. The minimum atomic E-state index is 0.347. The lowest BCUT2D eigenvalue weighted by Crippen LogP contribution is -2.29. The highest BCUT2D eigenvalue weighted by Crippen LogP contribution is 2.50. The van der Waals surface area contributed by atoms with Gasteiger partial charge in [-0.25, -0.2) is 0 Å². The fraction of sp³-hybridized carbons (Fsp3) is 0.300. The van der Waals surface area contributed by atoms with Gasteiger partial charge in [-0.15, -0.1) is 0 Å². The molecule has 2 aliphatic rings. The van der Waals surface area contributed by atoms with Gasteiger partial charge in [0.1, 0.15) is 5.75 Å². The Hall–Kier alpha value is -1.74. The highest BCUT2D eigenvalue weighted by Gasteiger charge is 2.37. The summed E-state index contributed by atoms with van der Waals surface area (Å²) in [7, 11) is 0. The van der Waals surface area contributed by atoms with Crippen LogP contribution in [-0.4, -0.2) is 6.61 Å². The number of ether oxygens (including phenoxy) is 1. The van der Waals surface area contributed by atoms with E-state index in [1.807, 2.05) is 6.92 Å². The first kappa shape index (κ1) is 14.8. The van der Waals surface area contributed by atoms with Gasteiger partial charge < -0.3 is 10.1 Å². The van der Waals surface area contributed by atoms with Crippen LogP contribution in [0.3, 0.4) is 0 Å². The minimum Gasteiger partial charge on any atom is -0.494 e. The maximum absolute atomic E-state index is 5.57. The number of benzene rings is 2. The van der Waals surface area contributed by atoms with Crippen molar-refractivity contribution in [1.82, 2.24) is 0 Å². The molecular weight excluding hydrogens is 350 g/mol. The molecule has 1 heterocycles. The van der Waals surface area contributed by atoms with E-state index in [2.05, 4.69) is 75.9 Å². The molecule has 0 saturated heterocycles. The van der Waals surface area contributed by atoms with Crippen molar-refractivity contribution in [1.29, 1.82) is 0 Å². The fourth-order valence-electron chi connectivity index (χ4n) is 3.83. The SMILES string of the molecule is CCOc1ccc([C@@H]2Nc3ccc(Br)cc3[C@@H]3C=CC[C@@H]32)cc1. The van der Waals surface area contributed by atoms with E-state index in [0.29, 0.717) is 24.5 Å². The Kier molecular flexibility index (Phi) is 3.90. The fourth-order valence-corrected chi connectivity index (χ4v) is 4.21. The monoisotopic (exact) mass is 369 g/mol. The first-order valence-corrected chi connectivity index (χ1v) is 9.01. The lowest BCUT2D eigenvalue weighted by Gasteiger charge is -2.37. The van der Waals surface area contributed by atoms with Gasteiger partial charge >= 0.3 is 0 Å². The van der Waals surface area contributed by atoms with E-state index in [9.17, 15) is 0 Å². The van der Waals surface area contributed by atoms with Gasteiger partial charge in [-0.2, -0.15) is 0 Å². The third-order valence-corrected chi connectivity index (χ3v) is 5.37. The van der Waals surface area contributed by atoms with Crippen LogP contribution in [0.1, 0.15) is 36.4 Å². The summed E-state index contributed by atoms with van der Waals surface area (Å²) in [5, 5.41) is 3.76. The molecule has 1 N–H and O–H groups in total. The molecule has 0 unspecified atom stereocenters. The Morgan fingerprint density at radius 3 is 2.78 bits per heavy atom. The number of nitrogens with one attached hydrogen (secondary N) is 1. The highest BCUT2D eigenvalue weighted by molar-refractivity contribution is 9.10. The number of anilines is 1. The van der Waals surface area contributed by atoms with Crippen LogP contribution in [0.4, 0.5) is 5.69 Å². The molecule has 0 radical (unpaired) electrons. The standard InChI is InChI=1S/C20H20BrNO/c1-2-23-15-9-6-13(7-10-15)20-17-5-3-4-16(17)18-12-14(21)8-11-19(18)22-20/h3-4,6-12,16-17,20,22H,2,5H2,1H3/t16-,17+,20+/m1/s1. The number of hydrogen-bond acceptors (Lipinski definition) is 2. The average molecular weight is 370 g/mol. The van der Waals surface area contributed by atoms with E-state index in [1.165, 1.54) is 16.8 Å². The van der Waals surface area contributed by atoms with Crippen molar-refractivity contribution < 1.29 is 4.74 Å². The Bertz CT molecular complexity index is 738. The molecular formula is C20H20BrNO. The minimum absolute atomic E-state index is 0.347. The van der Waals surface area contributed by atoms with Crippen LogP contribution < -0.4 is 10.1 Å². The van der Waals surface area contributed by atoms with E-state index >= 15 is 0 Å². The Labute approximate surface area is 145 Å². The first-order valence-electron chi connectivity index (χ1n) is 8.21. The van der Waals surface area contributed by atoms with Gasteiger partial charge in [-0.3, -0.25) is 0 Å². The van der Waals surface area contributed by atoms with Gasteiger partial charge in [0.15, 0.2) is 0 Å². The molecule has 2 nitrogen and oxygen atoms in total. The van der Waals surface area contributed by atoms with Crippen LogP contribution in [0.25, 0.3) is 0 Å². The number of rotatable bonds is 3. The van der Waals surface area contributed by atoms with Crippen LogP contribution in [0.15, 0.2) is 59.1 Å². The summed E-state index contributed by atoms with van der Waals surface area (Å²) in [5.74, 6) is 2.02. The lowest BCUT2D eigenvalue weighted by molar-refractivity contribution is 0.340. The van der Waals surface area contributed by atoms with Crippen LogP contribution in [0.2, 0.25) is 0 Å². The Morgan fingerprint density at radius 1 is 1.17 bits per heavy atom. The maximum Gasteiger partial charge on any atom is 0.119 e. The van der Waals surface area contributed by atoms with Gasteiger partial charge in [-0.05, 0) is 60.7 Å². The van der Waals surface area contributed by atoms with Crippen LogP contribution in [0.5, 0.6) is 5.75 Å². The van der Waals surface area contributed by atoms with Gasteiger partial charge in [0, 0.05) is 16.1 Å². The molecule has 3 heteroatoms. The topological polar surface area (TPSA) is 21.3 Å². The van der Waals surface area contributed by atoms with Crippen molar-refractivity contribution in [3.05, 3.63) is 70.2 Å². The van der Waals surface area contributed by atoms with Gasteiger partial charge in [-0.1, -0.05) is 40.2 Å². The van der Waals surface area contributed by atoms with E-state index < -0.39 is 0 Å². The van der Waals surface area contributed by atoms with Gasteiger partial charge in [0.2, 0.25) is 0 Å². The molecule has 23 heavy (non-hydrogen) atoms. The normalized spacial score (nSPS) is 24.7. The number of hydrogen-bond donors (Lipinski definition) is 1. The summed E-state index contributed by atoms with van der Waals surface area (Å²) < 4.78 is 6.72. The number of fused-ring (bicyclic) bond motifs is 3. The summed E-state index contributed by atoms with van der Waals surface area (Å²) >= 11 is 3.60. The molecule has 0 fully saturated rings. The Balaban J connectivity index is 1.69. The molecule has 1 aliphatic carbocycles. The van der Waals surface area contributed by atoms with Crippen LogP contribution in [0, 0.1) is 5.92 Å². The molecule has 4 rings (SSSR count). The zero-order valence-electron chi connectivity index (χ0n) is 13.1. The Morgan fingerprint density at radius 2 is 2.00 bits per heavy atom. The number of halogens is 1. The third kappa shape index (κ3) is 2.67. The molecule has 0 amide bonds. The lowest BCUT2D eigenvalue weighted by atomic mass is 9.77. The van der Waals surface area contributed by atoms with Crippen molar-refractivity contribution in [3.8, 4) is 5.75 Å². The van der Waals surface area contributed by atoms with Gasteiger partial charge in [0.25, 0.3) is 0 Å². The summed E-state index contributed by atoms with van der Waals surface area (Å²) in [6.07, 6.45) is 5.83. The second kappa shape index (κ2) is 6.04. The molecule has 2 aromatic rings. The van der Waals surface area contributed by atoms with Crippen molar-refractivity contribution in [3.63, 3.8) is 0 Å². The molecule has 0 aromatic heterocycles. The molecule has 0 bridgehead atoms. The van der Waals surface area contributed by atoms with Crippen molar-refractivity contribution in [2.75, 3.05) is 11.9 Å². The second-order valence-electron chi connectivity index (χ2n) is 6.21. The second-order valence-corrected chi connectivity index (χ2v) is 7.12. The molecule has 2 aromatic carbocycles. The zero-order chi connectivity index (χ0) is 15.8. The maximum atomic E-state index is 5.57. The average Bonchev–Trinajstić information content (AvgIpc) is 3.05. The highest BCUT2D eigenvalue weighted by atomic mass is 79.9. The first-order chi connectivity index (χ1) is 11.3. The zero-order valence-corrected chi connectivity index (χ0v) is 14.7. The molecule has 1 aliphatic heterocycles. The van der Waals surface area contributed by atoms with Gasteiger partial charge in [0.05, 0.1) is 12.6 Å². The molecule has 118 valence electrons. The van der Waals surface area contributed by atoms with Crippen molar-refractivity contribution in [2.24, 2.45) is 5.92 Å². The summed E-state index contributed by atoms with van der Waals surface area (Å²) in [6, 6.07) is 15.4. The quantitative estimate of drug-likeness (QED) is 0.703. The van der Waals surface area contributed by atoms with Crippen LogP contribution in [-0.2, 0) is 0 Å². The number of allylic oxidation sites excluding steroid dienone is 2. The summed E-state index contributed by atoms with van der Waals surface area (Å²) in [4.78, 5) is 0. The van der Waals surface area contributed by atoms with Crippen molar-refractivity contribution in [2.45, 2.75) is 25.3 Å². The molecule has 3 atom stereocenters.